The molecule has 27 heavy (non-hydrogen) atoms. The van der Waals surface area contributed by atoms with Gasteiger partial charge in [0.15, 0.2) is 6.79 Å². The van der Waals surface area contributed by atoms with Gasteiger partial charge in [0, 0.05) is 43.3 Å². The molecule has 0 saturated carbocycles. The van der Waals surface area contributed by atoms with Crippen molar-refractivity contribution in [3.8, 4) is 0 Å². The minimum atomic E-state index is -0.112. The number of halogens is 1. The van der Waals surface area contributed by atoms with Crippen molar-refractivity contribution in [2.45, 2.75) is 18.9 Å². The van der Waals surface area contributed by atoms with E-state index in [9.17, 15) is 0 Å². The SMILES string of the molecule is CN1CCN(CCC=C2CC=CC3=COCOC4C=CC(Cl)=CC4=C32)CC1. The molecular weight excluding hydrogens is 360 g/mol. The lowest BCUT2D eigenvalue weighted by Crippen LogP contribution is -2.44. The van der Waals surface area contributed by atoms with Gasteiger partial charge < -0.3 is 19.3 Å². The molecule has 4 rings (SSSR count). The van der Waals surface area contributed by atoms with Crippen molar-refractivity contribution in [2.24, 2.45) is 0 Å². The summed E-state index contributed by atoms with van der Waals surface area (Å²) in [5, 5.41) is 0.740. The quantitative estimate of drug-likeness (QED) is 0.737. The number of allylic oxidation sites excluding steroid dienone is 7. The first-order valence-corrected chi connectivity index (χ1v) is 10.1. The van der Waals surface area contributed by atoms with Crippen molar-refractivity contribution in [1.29, 1.82) is 0 Å². The molecule has 1 atom stereocenters. The van der Waals surface area contributed by atoms with Crippen molar-refractivity contribution < 1.29 is 9.47 Å². The van der Waals surface area contributed by atoms with Crippen molar-refractivity contribution in [3.63, 3.8) is 0 Å². The molecule has 1 fully saturated rings. The molecule has 0 amide bonds. The molecule has 0 aromatic heterocycles. The second-order valence-electron chi connectivity index (χ2n) is 7.43. The fraction of sp³-hybridized carbons (Fsp3) is 0.455. The molecule has 0 aromatic carbocycles. The maximum absolute atomic E-state index is 6.31. The minimum Gasteiger partial charge on any atom is -0.474 e. The molecule has 2 aliphatic carbocycles. The maximum Gasteiger partial charge on any atom is 0.189 e. The Labute approximate surface area is 166 Å². The van der Waals surface area contributed by atoms with E-state index in [0.717, 1.165) is 61.7 Å². The number of rotatable bonds is 3. The molecule has 0 spiro atoms. The molecule has 5 heteroatoms. The molecule has 1 unspecified atom stereocenters. The molecule has 2 heterocycles. The Morgan fingerprint density at radius 3 is 2.93 bits per heavy atom. The number of piperazine rings is 1. The molecule has 4 aliphatic rings. The zero-order valence-corrected chi connectivity index (χ0v) is 16.6. The predicted molar refractivity (Wildman–Crippen MR) is 109 cm³/mol. The second kappa shape index (κ2) is 8.61. The summed E-state index contributed by atoms with van der Waals surface area (Å²) in [6.07, 6.45) is 16.4. The van der Waals surface area contributed by atoms with Gasteiger partial charge in [-0.05, 0) is 54.8 Å². The van der Waals surface area contributed by atoms with E-state index in [2.05, 4.69) is 35.1 Å². The highest BCUT2D eigenvalue weighted by atomic mass is 35.5. The Morgan fingerprint density at radius 2 is 2.07 bits per heavy atom. The van der Waals surface area contributed by atoms with Crippen LogP contribution in [0.4, 0.5) is 0 Å². The van der Waals surface area contributed by atoms with E-state index in [1.807, 2.05) is 24.5 Å². The number of hydrogen-bond acceptors (Lipinski definition) is 4. The molecule has 144 valence electrons. The molecule has 2 aliphatic heterocycles. The number of nitrogens with zero attached hydrogens (tertiary/aromatic N) is 2. The van der Waals surface area contributed by atoms with Crippen molar-refractivity contribution in [3.05, 3.63) is 70.0 Å². The Kier molecular flexibility index (Phi) is 5.98. The van der Waals surface area contributed by atoms with Crippen LogP contribution in [0.2, 0.25) is 0 Å². The Morgan fingerprint density at radius 1 is 1.22 bits per heavy atom. The number of fused-ring (bicyclic) bond motifs is 2. The van der Waals surface area contributed by atoms with E-state index < -0.39 is 0 Å². The van der Waals surface area contributed by atoms with Gasteiger partial charge in [-0.25, -0.2) is 0 Å². The predicted octanol–water partition coefficient (Wildman–Crippen LogP) is 3.76. The number of hydrogen-bond donors (Lipinski definition) is 0. The summed E-state index contributed by atoms with van der Waals surface area (Å²) in [7, 11) is 2.20. The van der Waals surface area contributed by atoms with Crippen LogP contribution in [-0.2, 0) is 9.47 Å². The highest BCUT2D eigenvalue weighted by Crippen LogP contribution is 2.37. The Balaban J connectivity index is 1.57. The normalized spacial score (nSPS) is 28.1. The Hall–Kier alpha value is -1.59. The van der Waals surface area contributed by atoms with E-state index in [4.69, 9.17) is 21.1 Å². The van der Waals surface area contributed by atoms with Crippen LogP contribution in [-0.4, -0.2) is 62.5 Å². The van der Waals surface area contributed by atoms with Gasteiger partial charge in [0.2, 0.25) is 0 Å². The molecule has 0 N–H and O–H groups in total. The first kappa shape index (κ1) is 18.8. The summed E-state index contributed by atoms with van der Waals surface area (Å²) in [5.74, 6) is 0. The summed E-state index contributed by atoms with van der Waals surface area (Å²) in [6.45, 7) is 5.99. The van der Waals surface area contributed by atoms with Gasteiger partial charge in [-0.2, -0.15) is 0 Å². The molecule has 1 saturated heterocycles. The average Bonchev–Trinajstić information content (AvgIpc) is 2.66. The zero-order valence-electron chi connectivity index (χ0n) is 15.9. The monoisotopic (exact) mass is 386 g/mol. The van der Waals surface area contributed by atoms with Crippen LogP contribution in [0.5, 0.6) is 0 Å². The number of likely N-dealkylation sites (N-methyl/N-ethyl adjacent to an activating group) is 1. The summed E-state index contributed by atoms with van der Waals surface area (Å²) >= 11 is 6.31. The van der Waals surface area contributed by atoms with E-state index in [-0.39, 0.29) is 12.9 Å². The lowest BCUT2D eigenvalue weighted by molar-refractivity contribution is -0.0279. The van der Waals surface area contributed by atoms with E-state index in [1.165, 1.54) is 11.1 Å². The average molecular weight is 387 g/mol. The lowest BCUT2D eigenvalue weighted by Gasteiger charge is -2.32. The van der Waals surface area contributed by atoms with E-state index >= 15 is 0 Å². The van der Waals surface area contributed by atoms with Crippen LogP contribution in [0.15, 0.2) is 70.0 Å². The van der Waals surface area contributed by atoms with Gasteiger partial charge in [0.25, 0.3) is 0 Å². The summed E-state index contributed by atoms with van der Waals surface area (Å²) in [6, 6.07) is 0. The largest absolute Gasteiger partial charge is 0.474 e. The summed E-state index contributed by atoms with van der Waals surface area (Å²) in [5.41, 5.74) is 4.78. The highest BCUT2D eigenvalue weighted by Gasteiger charge is 2.25. The maximum atomic E-state index is 6.31. The Bertz CT molecular complexity index is 752. The summed E-state index contributed by atoms with van der Waals surface area (Å²) in [4.78, 5) is 4.95. The topological polar surface area (TPSA) is 24.9 Å². The van der Waals surface area contributed by atoms with E-state index in [1.54, 1.807) is 0 Å². The van der Waals surface area contributed by atoms with Crippen LogP contribution in [0.3, 0.4) is 0 Å². The van der Waals surface area contributed by atoms with Crippen molar-refractivity contribution in [1.82, 2.24) is 9.80 Å². The van der Waals surface area contributed by atoms with Crippen molar-refractivity contribution >= 4 is 11.6 Å². The summed E-state index contributed by atoms with van der Waals surface area (Å²) < 4.78 is 11.4. The standard InChI is InChI=1S/C22H27ClN2O2/c1-24-10-12-25(13-11-24)9-3-6-17-4-2-5-18-15-26-16-27-21-8-7-19(23)14-20(21)22(17)18/h2,5-8,14-15,21H,3-4,9-13,16H2,1H3. The molecule has 0 bridgehead atoms. The second-order valence-corrected chi connectivity index (χ2v) is 7.87. The molecular formula is C22H27ClN2O2. The smallest absolute Gasteiger partial charge is 0.189 e. The third-order valence-corrected chi connectivity index (χ3v) is 5.76. The number of ether oxygens (including phenoxy) is 2. The third-order valence-electron chi connectivity index (χ3n) is 5.52. The molecule has 0 radical (unpaired) electrons. The van der Waals surface area contributed by atoms with Gasteiger partial charge in [-0.3, -0.25) is 0 Å². The lowest BCUT2D eigenvalue weighted by atomic mass is 9.83. The third kappa shape index (κ3) is 4.46. The fourth-order valence-electron chi connectivity index (χ4n) is 3.97. The van der Waals surface area contributed by atoms with Crippen LogP contribution in [0.25, 0.3) is 0 Å². The van der Waals surface area contributed by atoms with E-state index in [0.29, 0.717) is 0 Å². The van der Waals surface area contributed by atoms with Gasteiger partial charge in [0.1, 0.15) is 6.10 Å². The van der Waals surface area contributed by atoms with Crippen LogP contribution in [0.1, 0.15) is 12.8 Å². The fourth-order valence-corrected chi connectivity index (χ4v) is 4.16. The van der Waals surface area contributed by atoms with Crippen LogP contribution < -0.4 is 0 Å². The van der Waals surface area contributed by atoms with Crippen LogP contribution in [0, 0.1) is 0 Å². The highest BCUT2D eigenvalue weighted by molar-refractivity contribution is 6.31. The van der Waals surface area contributed by atoms with Gasteiger partial charge in [0.05, 0.1) is 6.26 Å². The zero-order chi connectivity index (χ0) is 18.6. The van der Waals surface area contributed by atoms with Crippen LogP contribution >= 0.6 is 11.6 Å². The van der Waals surface area contributed by atoms with Crippen molar-refractivity contribution in [2.75, 3.05) is 46.6 Å². The first-order valence-electron chi connectivity index (χ1n) is 9.71. The van der Waals surface area contributed by atoms with Gasteiger partial charge >= 0.3 is 0 Å². The molecule has 0 aromatic rings. The minimum absolute atomic E-state index is 0.112. The molecule has 4 nitrogen and oxygen atoms in total. The van der Waals surface area contributed by atoms with Gasteiger partial charge in [-0.15, -0.1) is 0 Å². The first-order chi connectivity index (χ1) is 13.2. The van der Waals surface area contributed by atoms with Gasteiger partial charge in [-0.1, -0.05) is 29.8 Å².